The third-order valence-electron chi connectivity index (χ3n) is 4.77. The van der Waals surface area contributed by atoms with Crippen LogP contribution in [0.1, 0.15) is 31.0 Å². The van der Waals surface area contributed by atoms with E-state index in [1.165, 1.54) is 4.31 Å². The Labute approximate surface area is 159 Å². The Bertz CT molecular complexity index is 902. The van der Waals surface area contributed by atoms with Crippen molar-refractivity contribution >= 4 is 15.9 Å². The lowest BCUT2D eigenvalue weighted by Gasteiger charge is -2.34. The zero-order valence-corrected chi connectivity index (χ0v) is 16.7. The lowest BCUT2D eigenvalue weighted by atomic mass is 10.2. The van der Waals surface area contributed by atoms with Crippen molar-refractivity contribution in [3.05, 3.63) is 42.0 Å². The van der Waals surface area contributed by atoms with Crippen molar-refractivity contribution in [2.45, 2.75) is 38.1 Å². The van der Waals surface area contributed by atoms with Gasteiger partial charge in [0.05, 0.1) is 10.9 Å². The van der Waals surface area contributed by atoms with Gasteiger partial charge in [0.25, 0.3) is 0 Å². The summed E-state index contributed by atoms with van der Waals surface area (Å²) in [6.45, 7) is 7.03. The van der Waals surface area contributed by atoms with E-state index in [9.17, 15) is 13.2 Å². The molecule has 0 bridgehead atoms. The van der Waals surface area contributed by atoms with Gasteiger partial charge >= 0.3 is 0 Å². The summed E-state index contributed by atoms with van der Waals surface area (Å²) < 4.78 is 28.6. The van der Waals surface area contributed by atoms with E-state index in [1.807, 2.05) is 20.8 Å². The fourth-order valence-electron chi connectivity index (χ4n) is 3.34. The lowest BCUT2D eigenvalue weighted by Crippen LogP contribution is -2.50. The summed E-state index contributed by atoms with van der Waals surface area (Å²) in [4.78, 5) is 18.9. The van der Waals surface area contributed by atoms with Gasteiger partial charge in [-0.1, -0.05) is 18.2 Å². The van der Waals surface area contributed by atoms with Crippen molar-refractivity contribution in [1.82, 2.24) is 24.0 Å². The first-order valence-corrected chi connectivity index (χ1v) is 10.5. The fraction of sp³-hybridized carbons (Fsp3) is 0.500. The van der Waals surface area contributed by atoms with Crippen LogP contribution in [0.3, 0.4) is 0 Å². The minimum absolute atomic E-state index is 0.00631. The standard InChI is InChI=1S/C18H25N5O3S/c1-14(23-16(3)19-15(2)20-23)13-18(24)21-9-11-22(12-10-21)27(25,26)17-7-5-4-6-8-17/h4-8,14H,9-13H2,1-3H3/t14-/m0/s1. The SMILES string of the molecule is Cc1nc(C)n([C@@H](C)CC(=O)N2CCN(S(=O)(=O)c3ccccc3)CC2)n1. The highest BCUT2D eigenvalue weighted by molar-refractivity contribution is 7.89. The van der Waals surface area contributed by atoms with Gasteiger partial charge in [-0.25, -0.2) is 18.1 Å². The molecule has 1 aromatic carbocycles. The van der Waals surface area contributed by atoms with Crippen molar-refractivity contribution < 1.29 is 13.2 Å². The molecule has 2 aromatic rings. The van der Waals surface area contributed by atoms with Crippen molar-refractivity contribution in [1.29, 1.82) is 0 Å². The summed E-state index contributed by atoms with van der Waals surface area (Å²) in [6, 6.07) is 8.30. The summed E-state index contributed by atoms with van der Waals surface area (Å²) in [6.07, 6.45) is 0.315. The molecular formula is C18H25N5O3S. The van der Waals surface area contributed by atoms with Crippen LogP contribution >= 0.6 is 0 Å². The highest BCUT2D eigenvalue weighted by Gasteiger charge is 2.30. The van der Waals surface area contributed by atoms with Crippen LogP contribution in [0.25, 0.3) is 0 Å². The highest BCUT2D eigenvalue weighted by Crippen LogP contribution is 2.19. The zero-order chi connectivity index (χ0) is 19.6. The van der Waals surface area contributed by atoms with Gasteiger partial charge in [-0.05, 0) is 32.9 Å². The molecule has 0 saturated carbocycles. The summed E-state index contributed by atoms with van der Waals surface area (Å²) in [5, 5.41) is 4.33. The van der Waals surface area contributed by atoms with Gasteiger partial charge in [0.1, 0.15) is 11.6 Å². The highest BCUT2D eigenvalue weighted by atomic mass is 32.2. The van der Waals surface area contributed by atoms with E-state index in [0.717, 1.165) is 5.82 Å². The monoisotopic (exact) mass is 391 g/mol. The number of aryl methyl sites for hydroxylation is 2. The van der Waals surface area contributed by atoms with Gasteiger partial charge in [0.2, 0.25) is 15.9 Å². The van der Waals surface area contributed by atoms with E-state index >= 15 is 0 Å². The normalized spacial score (nSPS) is 17.1. The molecule has 1 aliphatic rings. The number of carbonyl (C=O) groups is 1. The molecule has 0 radical (unpaired) electrons. The summed E-state index contributed by atoms with van der Waals surface area (Å²) >= 11 is 0. The number of nitrogens with zero attached hydrogens (tertiary/aromatic N) is 5. The molecule has 1 amide bonds. The van der Waals surface area contributed by atoms with Gasteiger partial charge in [0.15, 0.2) is 0 Å². The fourth-order valence-corrected chi connectivity index (χ4v) is 4.78. The molecule has 0 spiro atoms. The lowest BCUT2D eigenvalue weighted by molar-refractivity contribution is -0.133. The number of carbonyl (C=O) groups excluding carboxylic acids is 1. The molecule has 3 rings (SSSR count). The van der Waals surface area contributed by atoms with Crippen LogP contribution < -0.4 is 0 Å². The van der Waals surface area contributed by atoms with E-state index in [0.29, 0.717) is 38.4 Å². The summed E-state index contributed by atoms with van der Waals surface area (Å²) in [5.41, 5.74) is 0. The first kappa shape index (κ1) is 19.5. The minimum atomic E-state index is -3.51. The van der Waals surface area contributed by atoms with E-state index in [4.69, 9.17) is 0 Å². The maximum absolute atomic E-state index is 12.7. The molecule has 0 N–H and O–H groups in total. The van der Waals surface area contributed by atoms with Crippen molar-refractivity contribution in [3.8, 4) is 0 Å². The van der Waals surface area contributed by atoms with Crippen LogP contribution in [0.5, 0.6) is 0 Å². The van der Waals surface area contributed by atoms with E-state index < -0.39 is 10.0 Å². The Morgan fingerprint density at radius 3 is 2.30 bits per heavy atom. The Balaban J connectivity index is 1.59. The number of piperazine rings is 1. The predicted octanol–water partition coefficient (Wildman–Crippen LogP) is 1.38. The second-order valence-electron chi connectivity index (χ2n) is 6.80. The maximum Gasteiger partial charge on any atom is 0.243 e. The van der Waals surface area contributed by atoms with Crippen LogP contribution in [-0.4, -0.2) is 64.5 Å². The minimum Gasteiger partial charge on any atom is -0.340 e. The summed E-state index contributed by atoms with van der Waals surface area (Å²) in [7, 11) is -3.51. The molecule has 1 aliphatic heterocycles. The summed E-state index contributed by atoms with van der Waals surface area (Å²) in [5.74, 6) is 1.48. The van der Waals surface area contributed by atoms with Crippen LogP contribution in [0.4, 0.5) is 0 Å². The van der Waals surface area contributed by atoms with Gasteiger partial charge in [0, 0.05) is 32.6 Å². The largest absolute Gasteiger partial charge is 0.340 e. The molecule has 1 atom stereocenters. The van der Waals surface area contributed by atoms with E-state index in [2.05, 4.69) is 10.1 Å². The Kier molecular flexibility index (Phi) is 5.61. The molecule has 146 valence electrons. The number of benzene rings is 1. The molecule has 1 saturated heterocycles. The number of sulfonamides is 1. The van der Waals surface area contributed by atoms with E-state index in [-0.39, 0.29) is 16.8 Å². The number of aromatic nitrogens is 3. The molecule has 2 heterocycles. The number of amides is 1. The van der Waals surface area contributed by atoms with Crippen LogP contribution in [-0.2, 0) is 14.8 Å². The molecule has 0 aliphatic carbocycles. The molecule has 8 nitrogen and oxygen atoms in total. The Morgan fingerprint density at radius 1 is 1.11 bits per heavy atom. The molecule has 0 unspecified atom stereocenters. The van der Waals surface area contributed by atoms with Crippen LogP contribution in [0, 0.1) is 13.8 Å². The Morgan fingerprint density at radius 2 is 1.74 bits per heavy atom. The van der Waals surface area contributed by atoms with Crippen LogP contribution in [0.2, 0.25) is 0 Å². The average Bonchev–Trinajstić information content (AvgIpc) is 3.01. The molecule has 1 fully saturated rings. The van der Waals surface area contributed by atoms with Crippen molar-refractivity contribution in [2.24, 2.45) is 0 Å². The predicted molar refractivity (Wildman–Crippen MR) is 101 cm³/mol. The van der Waals surface area contributed by atoms with E-state index in [1.54, 1.807) is 39.9 Å². The second kappa shape index (κ2) is 7.77. The smallest absolute Gasteiger partial charge is 0.243 e. The zero-order valence-electron chi connectivity index (χ0n) is 15.9. The average molecular weight is 391 g/mol. The third-order valence-corrected chi connectivity index (χ3v) is 6.68. The van der Waals surface area contributed by atoms with Gasteiger partial charge in [-0.3, -0.25) is 4.79 Å². The first-order chi connectivity index (χ1) is 12.8. The third kappa shape index (κ3) is 4.19. The topological polar surface area (TPSA) is 88.4 Å². The number of rotatable bonds is 5. The van der Waals surface area contributed by atoms with Crippen molar-refractivity contribution in [3.63, 3.8) is 0 Å². The van der Waals surface area contributed by atoms with Gasteiger partial charge in [-0.15, -0.1) is 0 Å². The Hall–Kier alpha value is -2.26. The maximum atomic E-state index is 12.7. The molecule has 27 heavy (non-hydrogen) atoms. The second-order valence-corrected chi connectivity index (χ2v) is 8.74. The van der Waals surface area contributed by atoms with Gasteiger partial charge in [-0.2, -0.15) is 9.40 Å². The molecule has 1 aromatic heterocycles. The van der Waals surface area contributed by atoms with Gasteiger partial charge < -0.3 is 4.90 Å². The molecule has 9 heteroatoms. The van der Waals surface area contributed by atoms with Crippen molar-refractivity contribution in [2.75, 3.05) is 26.2 Å². The number of hydrogen-bond acceptors (Lipinski definition) is 5. The number of hydrogen-bond donors (Lipinski definition) is 0. The van der Waals surface area contributed by atoms with Crippen LogP contribution in [0.15, 0.2) is 35.2 Å². The molecular weight excluding hydrogens is 366 g/mol. The quantitative estimate of drug-likeness (QED) is 0.768. The first-order valence-electron chi connectivity index (χ1n) is 9.02.